The number of aliphatic hydroxyl groups excluding tert-OH is 1. The number of hydrogen-bond acceptors (Lipinski definition) is 25. The number of hydrogen-bond donors (Lipinski definition) is 12. The van der Waals surface area contributed by atoms with Gasteiger partial charge < -0.3 is 88.1 Å². The quantitative estimate of drug-likeness (QED) is 0.0628. The number of aliphatic imine (C=N–C) groups is 2. The zero-order valence-electron chi connectivity index (χ0n) is 34.4. The number of ether oxygens (including phenoxy) is 3. The number of nitrogens with two attached hydrogens (primary N) is 3. The van der Waals surface area contributed by atoms with Crippen molar-refractivity contribution >= 4 is 68.1 Å². The van der Waals surface area contributed by atoms with Crippen LogP contribution < -0.4 is 43.8 Å². The molecular formula is C32H59N12O13P3S3. The molecule has 358 valence electrons. The van der Waals surface area contributed by atoms with Crippen molar-refractivity contribution in [2.75, 3.05) is 40.3 Å². The first kappa shape index (κ1) is 49.2. The zero-order valence-corrected chi connectivity index (χ0v) is 39.5. The van der Waals surface area contributed by atoms with E-state index >= 15 is 0 Å². The van der Waals surface area contributed by atoms with E-state index in [0.29, 0.717) is 13.3 Å². The van der Waals surface area contributed by atoms with Crippen LogP contribution in [0.3, 0.4) is 0 Å². The standard InChI is InChI=1S/C32H59N12O13P3S3/c1-15-5-17(16-8-36-27-26(16)37-12-38-29(27)34)53-20(15)9-51-59(47,62)57-19-7-25(44-14-41-28-30(35)39-13-40-31(28)44)55-22(19)11-52-60(48,63)56-18-6-24(43-4-3-23(33)42-32(43)45)54-21(18)10-50-58(46,61)49-2/h3-4,8,14-32,37-40,42,45H,5-7,9-13,33-35H2,1-2H3,(H,46,61)(H,47,62)(H,48,63)/t15-,16?,17-,18-,19-,20-,21-,22-,23?,24-,25-,26?,27?,28?,29?,30?,31?,32?,58?,59?,60?/m1/s1. The van der Waals surface area contributed by atoms with Crippen LogP contribution in [0.1, 0.15) is 26.2 Å². The molecule has 0 aromatic heterocycles. The summed E-state index contributed by atoms with van der Waals surface area (Å²) in [5.74, 6) is 0.104. The summed E-state index contributed by atoms with van der Waals surface area (Å²) in [6.07, 6.45) is -0.758. The molecular weight excluding hydrogens is 950 g/mol. The van der Waals surface area contributed by atoms with Crippen LogP contribution in [0, 0.1) is 11.8 Å². The molecule has 63 heavy (non-hydrogen) atoms. The Bertz CT molecular complexity index is 1860. The van der Waals surface area contributed by atoms with E-state index in [1.807, 2.05) is 11.1 Å². The minimum atomic E-state index is -4.12. The van der Waals surface area contributed by atoms with Gasteiger partial charge in [-0.05, 0) is 53.8 Å². The lowest BCUT2D eigenvalue weighted by Gasteiger charge is -2.38. The molecule has 31 heteroatoms. The number of fused-ring (bicyclic) bond motifs is 2. The lowest BCUT2D eigenvalue weighted by Crippen LogP contribution is -2.66. The van der Waals surface area contributed by atoms with E-state index in [4.69, 9.17) is 94.0 Å². The van der Waals surface area contributed by atoms with E-state index in [0.717, 1.165) is 6.42 Å². The molecule has 0 saturated carbocycles. The predicted molar refractivity (Wildman–Crippen MR) is 237 cm³/mol. The SMILES string of the molecule is COP(O)(=S)OC[C@H]1O[C@@H](N2C=CC(N)NC2O)C[C@H]1OP(O)(=S)OC[C@H]1O[C@@H](N2C=NC3C(N)NCNC32)C[C@H]1OP(O)(=S)OC[C@H]1O[C@@H](C2C=NC3C(N)NCNC32)C[C@H]1C. The first-order chi connectivity index (χ1) is 29.9. The molecule has 0 aliphatic carbocycles. The fourth-order valence-corrected chi connectivity index (χ4v) is 12.6. The molecule has 25 nitrogen and oxygen atoms in total. The summed E-state index contributed by atoms with van der Waals surface area (Å²) in [7, 11) is 1.21. The van der Waals surface area contributed by atoms with Crippen LogP contribution in [0.2, 0.25) is 0 Å². The van der Waals surface area contributed by atoms with Gasteiger partial charge in [-0.25, -0.2) is 0 Å². The fraction of sp³-hybridized carbons (Fsp3) is 0.875. The van der Waals surface area contributed by atoms with Crippen molar-refractivity contribution < 1.29 is 61.1 Å². The molecule has 0 radical (unpaired) electrons. The highest BCUT2D eigenvalue weighted by Crippen LogP contribution is 2.52. The summed E-state index contributed by atoms with van der Waals surface area (Å²) in [5.41, 5.74) is 18.4. The summed E-state index contributed by atoms with van der Waals surface area (Å²) >= 11 is 16.1. The normalized spacial score (nSPS) is 45.3. The zero-order chi connectivity index (χ0) is 44.8. The molecule has 8 aliphatic heterocycles. The second-order valence-corrected chi connectivity index (χ2v) is 25.1. The first-order valence-electron chi connectivity index (χ1n) is 20.6. The maximum absolute atomic E-state index is 11.5. The fourth-order valence-electron chi connectivity index (χ4n) is 9.06. The second kappa shape index (κ2) is 20.4. The monoisotopic (exact) mass is 1010 g/mol. The molecule has 5 fully saturated rings. The van der Waals surface area contributed by atoms with E-state index < -0.39 is 75.7 Å². The number of nitrogens with one attached hydrogen (secondary N) is 5. The molecule has 8 rings (SSSR count). The van der Waals surface area contributed by atoms with Gasteiger partial charge in [0.25, 0.3) is 0 Å². The summed E-state index contributed by atoms with van der Waals surface area (Å²) in [5, 5.41) is 26.6. The average Bonchev–Trinajstić information content (AvgIpc) is 4.07. The third-order valence-corrected chi connectivity index (χ3v) is 17.3. The van der Waals surface area contributed by atoms with E-state index in [9.17, 15) is 19.8 Å². The van der Waals surface area contributed by atoms with Crippen molar-refractivity contribution in [3.05, 3.63) is 12.3 Å². The van der Waals surface area contributed by atoms with Crippen LogP contribution in [0.5, 0.6) is 0 Å². The van der Waals surface area contributed by atoms with Gasteiger partial charge in [0.15, 0.2) is 6.35 Å². The maximum Gasteiger partial charge on any atom is 0.324 e. The van der Waals surface area contributed by atoms with Crippen LogP contribution in [0.4, 0.5) is 0 Å². The Hall–Kier alpha value is -0.210. The first-order valence-corrected chi connectivity index (χ1v) is 28.4. The van der Waals surface area contributed by atoms with E-state index in [2.05, 4.69) is 43.5 Å². The molecule has 0 aromatic carbocycles. The van der Waals surface area contributed by atoms with Gasteiger partial charge in [-0.15, -0.1) is 0 Å². The van der Waals surface area contributed by atoms with Gasteiger partial charge >= 0.3 is 20.2 Å². The Morgan fingerprint density at radius 3 is 1.98 bits per heavy atom. The average molecular weight is 1010 g/mol. The minimum Gasteiger partial charge on any atom is -0.372 e. The molecule has 12 unspecified atom stereocenters. The Morgan fingerprint density at radius 2 is 1.35 bits per heavy atom. The van der Waals surface area contributed by atoms with Gasteiger partial charge in [0.05, 0.1) is 75.1 Å². The van der Waals surface area contributed by atoms with E-state index in [1.54, 1.807) is 18.6 Å². The molecule has 0 bridgehead atoms. The molecule has 21 atom stereocenters. The molecule has 8 aliphatic rings. The lowest BCUT2D eigenvalue weighted by molar-refractivity contribution is -0.125. The van der Waals surface area contributed by atoms with Crippen LogP contribution in [0.15, 0.2) is 22.3 Å². The number of rotatable bonds is 17. The minimum absolute atomic E-state index is 0.0175. The highest BCUT2D eigenvalue weighted by Gasteiger charge is 2.50. The van der Waals surface area contributed by atoms with Crippen LogP contribution >= 0.6 is 20.2 Å². The van der Waals surface area contributed by atoms with Gasteiger partial charge in [-0.2, -0.15) is 0 Å². The predicted octanol–water partition coefficient (Wildman–Crippen LogP) is -3.55. The smallest absolute Gasteiger partial charge is 0.324 e. The lowest BCUT2D eigenvalue weighted by atomic mass is 9.87. The second-order valence-electron chi connectivity index (χ2n) is 16.5. The molecule has 0 spiro atoms. The van der Waals surface area contributed by atoms with Crippen molar-refractivity contribution in [2.45, 2.75) is 124 Å². The largest absolute Gasteiger partial charge is 0.372 e. The van der Waals surface area contributed by atoms with Gasteiger partial charge in [0.1, 0.15) is 36.9 Å². The van der Waals surface area contributed by atoms with Crippen LogP contribution in [-0.4, -0.2) is 181 Å². The van der Waals surface area contributed by atoms with Crippen molar-refractivity contribution in [1.29, 1.82) is 0 Å². The molecule has 15 N–H and O–H groups in total. The third-order valence-electron chi connectivity index (χ3n) is 12.4. The van der Waals surface area contributed by atoms with Gasteiger partial charge in [0.2, 0.25) is 0 Å². The van der Waals surface area contributed by atoms with Crippen molar-refractivity contribution in [3.63, 3.8) is 0 Å². The Balaban J connectivity index is 0.917. The maximum atomic E-state index is 11.5. The van der Waals surface area contributed by atoms with Gasteiger partial charge in [-0.3, -0.25) is 36.6 Å². The summed E-state index contributed by atoms with van der Waals surface area (Å²) in [6.45, 7) is -9.29. The molecule has 5 saturated heterocycles. The third kappa shape index (κ3) is 11.6. The summed E-state index contributed by atoms with van der Waals surface area (Å²) < 4.78 is 53.6. The van der Waals surface area contributed by atoms with Gasteiger partial charge in [-0.1, -0.05) is 6.92 Å². The van der Waals surface area contributed by atoms with E-state index in [1.165, 1.54) is 12.0 Å². The van der Waals surface area contributed by atoms with E-state index in [-0.39, 0.29) is 87.2 Å². The Labute approximate surface area is 380 Å². The topological polar surface area (TPSA) is 333 Å². The highest BCUT2D eigenvalue weighted by molar-refractivity contribution is 8.07. The van der Waals surface area contributed by atoms with Crippen LogP contribution in [-0.2, 0) is 76.8 Å². The number of aliphatic hydroxyl groups is 1. The molecule has 8 heterocycles. The van der Waals surface area contributed by atoms with Crippen molar-refractivity contribution in [1.82, 2.24) is 36.4 Å². The Kier molecular flexibility index (Phi) is 15.9. The molecule has 0 aromatic rings. The Morgan fingerprint density at radius 1 is 0.762 bits per heavy atom. The molecule has 0 amide bonds. The van der Waals surface area contributed by atoms with Crippen LogP contribution in [0.25, 0.3) is 0 Å². The van der Waals surface area contributed by atoms with Crippen molar-refractivity contribution in [2.24, 2.45) is 39.0 Å². The van der Waals surface area contributed by atoms with Crippen molar-refractivity contribution in [3.8, 4) is 0 Å². The highest BCUT2D eigenvalue weighted by atomic mass is 32.5. The summed E-state index contributed by atoms with van der Waals surface area (Å²) in [4.78, 5) is 45.9. The van der Waals surface area contributed by atoms with Gasteiger partial charge in [0, 0.05) is 57.7 Å². The number of nitrogens with zero attached hydrogens (tertiary/aromatic N) is 4. The summed E-state index contributed by atoms with van der Waals surface area (Å²) in [6, 6.07) is -0.361.